The van der Waals surface area contributed by atoms with Crippen molar-refractivity contribution in [2.75, 3.05) is 26.2 Å². The quantitative estimate of drug-likeness (QED) is 0.795. The van der Waals surface area contributed by atoms with E-state index >= 15 is 0 Å². The molecule has 1 unspecified atom stereocenters. The summed E-state index contributed by atoms with van der Waals surface area (Å²) in [5.41, 5.74) is 3.48. The molecule has 150 valence electrons. The number of hydrogen-bond acceptors (Lipinski definition) is 5. The fourth-order valence-electron chi connectivity index (χ4n) is 4.83. The van der Waals surface area contributed by atoms with E-state index in [4.69, 9.17) is 4.52 Å². The molecule has 0 radical (unpaired) electrons. The number of aromatic nitrogens is 2. The average molecular weight is 383 g/mol. The van der Waals surface area contributed by atoms with Crippen molar-refractivity contribution in [3.8, 4) is 0 Å². The number of pyridine rings is 1. The summed E-state index contributed by atoms with van der Waals surface area (Å²) in [5, 5.41) is 4.10. The third-order valence-electron chi connectivity index (χ3n) is 6.42. The van der Waals surface area contributed by atoms with Gasteiger partial charge in [-0.25, -0.2) is 0 Å². The molecule has 0 aliphatic carbocycles. The highest BCUT2D eigenvalue weighted by Crippen LogP contribution is 2.39. The standard InChI is InChI=1S/C22H30N4O2/c1-17-20(18(2)28-24-17)14-25-12-5-9-22(15-25)10-7-21(27)26(16-22)13-8-19-6-3-4-11-23-19/h3-4,6,11H,5,7-10,12-16H2,1-2H3. The number of amides is 1. The number of carbonyl (C=O) groups excluding carboxylic acids is 1. The van der Waals surface area contributed by atoms with Gasteiger partial charge in [0, 0.05) is 61.9 Å². The maximum absolute atomic E-state index is 12.5. The zero-order valence-electron chi connectivity index (χ0n) is 17.0. The van der Waals surface area contributed by atoms with Gasteiger partial charge in [0.05, 0.1) is 5.69 Å². The second-order valence-corrected chi connectivity index (χ2v) is 8.50. The molecule has 0 aromatic carbocycles. The van der Waals surface area contributed by atoms with Crippen molar-refractivity contribution < 1.29 is 9.32 Å². The first-order valence-corrected chi connectivity index (χ1v) is 10.4. The minimum atomic E-state index is 0.218. The number of rotatable bonds is 5. The number of aryl methyl sites for hydroxylation is 2. The minimum absolute atomic E-state index is 0.218. The average Bonchev–Trinajstić information content (AvgIpc) is 3.02. The van der Waals surface area contributed by atoms with Gasteiger partial charge in [-0.05, 0) is 51.8 Å². The zero-order valence-corrected chi connectivity index (χ0v) is 17.0. The van der Waals surface area contributed by atoms with Crippen molar-refractivity contribution in [3.63, 3.8) is 0 Å². The first-order chi connectivity index (χ1) is 13.5. The van der Waals surface area contributed by atoms with Crippen LogP contribution in [0.15, 0.2) is 28.9 Å². The van der Waals surface area contributed by atoms with Gasteiger partial charge in [0.15, 0.2) is 0 Å². The minimum Gasteiger partial charge on any atom is -0.361 e. The number of carbonyl (C=O) groups is 1. The van der Waals surface area contributed by atoms with Crippen LogP contribution in [0.4, 0.5) is 0 Å². The second kappa shape index (κ2) is 8.03. The maximum atomic E-state index is 12.5. The van der Waals surface area contributed by atoms with Crippen LogP contribution in [0.3, 0.4) is 0 Å². The summed E-state index contributed by atoms with van der Waals surface area (Å²) in [5.74, 6) is 1.22. The summed E-state index contributed by atoms with van der Waals surface area (Å²) in [6.45, 7) is 8.69. The van der Waals surface area contributed by atoms with Crippen molar-refractivity contribution in [2.45, 2.75) is 52.5 Å². The molecular formula is C22H30N4O2. The molecule has 1 spiro atoms. The van der Waals surface area contributed by atoms with Gasteiger partial charge >= 0.3 is 0 Å². The fraction of sp³-hybridized carbons (Fsp3) is 0.591. The Morgan fingerprint density at radius 3 is 2.86 bits per heavy atom. The Hall–Kier alpha value is -2.21. The fourth-order valence-corrected chi connectivity index (χ4v) is 4.83. The maximum Gasteiger partial charge on any atom is 0.222 e. The Morgan fingerprint density at radius 2 is 2.11 bits per heavy atom. The molecule has 6 heteroatoms. The molecule has 2 saturated heterocycles. The van der Waals surface area contributed by atoms with Crippen LogP contribution in [0.1, 0.15) is 48.4 Å². The van der Waals surface area contributed by atoms with Crippen LogP contribution in [-0.4, -0.2) is 52.0 Å². The van der Waals surface area contributed by atoms with Crippen molar-refractivity contribution in [3.05, 3.63) is 47.1 Å². The molecule has 0 bridgehead atoms. The molecule has 2 aromatic heterocycles. The van der Waals surface area contributed by atoms with E-state index in [1.54, 1.807) is 0 Å². The molecule has 1 atom stereocenters. The van der Waals surface area contributed by atoms with E-state index in [9.17, 15) is 4.79 Å². The van der Waals surface area contributed by atoms with Crippen molar-refractivity contribution in [1.29, 1.82) is 0 Å². The van der Waals surface area contributed by atoms with Crippen LogP contribution in [-0.2, 0) is 17.8 Å². The molecular weight excluding hydrogens is 352 g/mol. The summed E-state index contributed by atoms with van der Waals surface area (Å²) < 4.78 is 5.34. The summed E-state index contributed by atoms with van der Waals surface area (Å²) in [7, 11) is 0. The lowest BCUT2D eigenvalue weighted by Gasteiger charge is -2.48. The van der Waals surface area contributed by atoms with Gasteiger partial charge in [-0.1, -0.05) is 11.2 Å². The predicted octanol–water partition coefficient (Wildman–Crippen LogP) is 3.13. The van der Waals surface area contributed by atoms with E-state index in [1.165, 1.54) is 18.4 Å². The lowest BCUT2D eigenvalue weighted by atomic mass is 9.73. The van der Waals surface area contributed by atoms with E-state index in [0.29, 0.717) is 12.3 Å². The number of hydrogen-bond donors (Lipinski definition) is 0. The van der Waals surface area contributed by atoms with Crippen LogP contribution in [0.2, 0.25) is 0 Å². The van der Waals surface area contributed by atoms with Gasteiger partial charge < -0.3 is 9.42 Å². The van der Waals surface area contributed by atoms with Crippen LogP contribution >= 0.6 is 0 Å². The van der Waals surface area contributed by atoms with Crippen molar-refractivity contribution in [2.24, 2.45) is 5.41 Å². The largest absolute Gasteiger partial charge is 0.361 e. The van der Waals surface area contributed by atoms with Gasteiger partial charge in [0.1, 0.15) is 5.76 Å². The Balaban J connectivity index is 1.41. The smallest absolute Gasteiger partial charge is 0.222 e. The van der Waals surface area contributed by atoms with E-state index in [2.05, 4.69) is 19.9 Å². The summed E-state index contributed by atoms with van der Waals surface area (Å²) in [6.07, 6.45) is 6.71. The lowest BCUT2D eigenvalue weighted by molar-refractivity contribution is -0.139. The van der Waals surface area contributed by atoms with Crippen LogP contribution in [0.25, 0.3) is 0 Å². The van der Waals surface area contributed by atoms with Crippen LogP contribution in [0.5, 0.6) is 0 Å². The molecule has 1 amide bonds. The molecule has 2 fully saturated rings. The predicted molar refractivity (Wildman–Crippen MR) is 107 cm³/mol. The first-order valence-electron chi connectivity index (χ1n) is 10.4. The van der Waals surface area contributed by atoms with Crippen molar-refractivity contribution in [1.82, 2.24) is 19.9 Å². The van der Waals surface area contributed by atoms with E-state index in [0.717, 1.165) is 62.7 Å². The normalized spacial score (nSPS) is 23.5. The number of piperidine rings is 2. The van der Waals surface area contributed by atoms with E-state index < -0.39 is 0 Å². The van der Waals surface area contributed by atoms with Crippen molar-refractivity contribution >= 4 is 5.91 Å². The van der Waals surface area contributed by atoms with Crippen LogP contribution in [0, 0.1) is 19.3 Å². The molecule has 0 N–H and O–H groups in total. The molecule has 2 aromatic rings. The third kappa shape index (κ3) is 4.12. The summed E-state index contributed by atoms with van der Waals surface area (Å²) >= 11 is 0. The van der Waals surface area contributed by atoms with Gasteiger partial charge in [-0.2, -0.15) is 0 Å². The number of likely N-dealkylation sites (tertiary alicyclic amines) is 2. The van der Waals surface area contributed by atoms with Gasteiger partial charge in [0.25, 0.3) is 0 Å². The Bertz CT molecular complexity index is 800. The van der Waals surface area contributed by atoms with Gasteiger partial charge in [0.2, 0.25) is 5.91 Å². The monoisotopic (exact) mass is 382 g/mol. The molecule has 6 nitrogen and oxygen atoms in total. The Kier molecular flexibility index (Phi) is 5.49. The van der Waals surface area contributed by atoms with E-state index in [-0.39, 0.29) is 5.41 Å². The summed E-state index contributed by atoms with van der Waals surface area (Å²) in [4.78, 5) is 21.6. The highest BCUT2D eigenvalue weighted by atomic mass is 16.5. The highest BCUT2D eigenvalue weighted by Gasteiger charge is 2.41. The highest BCUT2D eigenvalue weighted by molar-refractivity contribution is 5.77. The lowest BCUT2D eigenvalue weighted by Crippen LogP contribution is -2.54. The third-order valence-corrected chi connectivity index (χ3v) is 6.42. The van der Waals surface area contributed by atoms with Crippen LogP contribution < -0.4 is 0 Å². The van der Waals surface area contributed by atoms with Gasteiger partial charge in [-0.15, -0.1) is 0 Å². The summed E-state index contributed by atoms with van der Waals surface area (Å²) in [6, 6.07) is 5.98. The second-order valence-electron chi connectivity index (χ2n) is 8.50. The Morgan fingerprint density at radius 1 is 1.21 bits per heavy atom. The molecule has 28 heavy (non-hydrogen) atoms. The molecule has 4 rings (SSSR count). The first kappa shape index (κ1) is 19.1. The van der Waals surface area contributed by atoms with E-state index in [1.807, 2.05) is 38.2 Å². The number of nitrogens with zero attached hydrogens (tertiary/aromatic N) is 4. The topological polar surface area (TPSA) is 62.5 Å². The SMILES string of the molecule is Cc1noc(C)c1CN1CCCC2(CCC(=O)N(CCc3ccccn3)C2)C1. The molecule has 4 heterocycles. The van der Waals surface area contributed by atoms with Gasteiger partial charge in [-0.3, -0.25) is 14.7 Å². The molecule has 0 saturated carbocycles. The molecule has 2 aliphatic heterocycles. The zero-order chi connectivity index (χ0) is 19.6. The molecule has 2 aliphatic rings. The Labute approximate surface area is 166 Å².